The van der Waals surface area contributed by atoms with Crippen molar-refractivity contribution >= 4 is 15.9 Å². The van der Waals surface area contributed by atoms with Gasteiger partial charge in [-0.3, -0.25) is 0 Å². The van der Waals surface area contributed by atoms with Crippen molar-refractivity contribution in [1.29, 1.82) is 0 Å². The molecule has 3 heteroatoms. The van der Waals surface area contributed by atoms with Gasteiger partial charge in [-0.1, -0.05) is 46.3 Å². The predicted molar refractivity (Wildman–Crippen MR) is 83.2 cm³/mol. The summed E-state index contributed by atoms with van der Waals surface area (Å²) < 4.78 is 14.0. The molecule has 0 saturated carbocycles. The summed E-state index contributed by atoms with van der Waals surface area (Å²) in [6, 6.07) is 14.1. The maximum Gasteiger partial charge on any atom is 0.124 e. The number of rotatable bonds is 3. The van der Waals surface area contributed by atoms with Crippen LogP contribution >= 0.6 is 15.9 Å². The maximum absolute atomic E-state index is 13.2. The van der Waals surface area contributed by atoms with E-state index in [1.165, 1.54) is 23.3 Å². The lowest BCUT2D eigenvalue weighted by Gasteiger charge is -2.21. The Morgan fingerprint density at radius 1 is 1.25 bits per heavy atom. The van der Waals surface area contributed by atoms with Crippen LogP contribution < -0.4 is 5.32 Å². The Hall–Kier alpha value is -1.19. The molecule has 0 heterocycles. The molecular formula is C17H17BrFN. The van der Waals surface area contributed by atoms with Crippen LogP contribution in [0.2, 0.25) is 0 Å². The van der Waals surface area contributed by atoms with Gasteiger partial charge in [0.1, 0.15) is 5.82 Å². The van der Waals surface area contributed by atoms with Gasteiger partial charge < -0.3 is 5.32 Å². The minimum Gasteiger partial charge on any atom is -0.303 e. The Balaban J connectivity index is 1.79. The fraction of sp³-hybridized carbons (Fsp3) is 0.294. The molecule has 0 amide bonds. The molecule has 0 aliphatic heterocycles. The number of benzene rings is 2. The standard InChI is InChI=1S/C17H17BrFN/c1-11(14-8-7-13(19)10-16(14)18)20-17-9-6-12-4-2-3-5-15(12)17/h2-5,7-8,10-11,17,20H,6,9H2,1H3. The van der Waals surface area contributed by atoms with Crippen molar-refractivity contribution in [3.8, 4) is 0 Å². The van der Waals surface area contributed by atoms with Crippen LogP contribution in [0.25, 0.3) is 0 Å². The molecule has 0 bridgehead atoms. The van der Waals surface area contributed by atoms with Gasteiger partial charge >= 0.3 is 0 Å². The average Bonchev–Trinajstić information content (AvgIpc) is 2.82. The third-order valence-corrected chi connectivity index (χ3v) is 4.70. The molecule has 1 nitrogen and oxygen atoms in total. The molecule has 2 atom stereocenters. The van der Waals surface area contributed by atoms with E-state index in [-0.39, 0.29) is 11.9 Å². The molecule has 2 aromatic carbocycles. The van der Waals surface area contributed by atoms with Crippen LogP contribution in [0.1, 0.15) is 42.1 Å². The van der Waals surface area contributed by atoms with E-state index in [2.05, 4.69) is 52.4 Å². The molecule has 20 heavy (non-hydrogen) atoms. The quantitative estimate of drug-likeness (QED) is 0.839. The first-order valence-electron chi connectivity index (χ1n) is 6.94. The predicted octanol–water partition coefficient (Wildman–Crippen LogP) is 4.93. The second-order valence-electron chi connectivity index (χ2n) is 5.34. The summed E-state index contributed by atoms with van der Waals surface area (Å²) in [4.78, 5) is 0. The minimum atomic E-state index is -0.209. The lowest BCUT2D eigenvalue weighted by atomic mass is 10.0. The number of hydrogen-bond acceptors (Lipinski definition) is 1. The van der Waals surface area contributed by atoms with Crippen molar-refractivity contribution in [2.45, 2.75) is 31.8 Å². The number of hydrogen-bond donors (Lipinski definition) is 1. The molecule has 2 aromatic rings. The first kappa shape index (κ1) is 13.8. The Bertz CT molecular complexity index is 626. The second kappa shape index (κ2) is 5.66. The van der Waals surface area contributed by atoms with Crippen LogP contribution in [0.5, 0.6) is 0 Å². The lowest BCUT2D eigenvalue weighted by Crippen LogP contribution is -2.23. The Kier molecular flexibility index (Phi) is 3.90. The van der Waals surface area contributed by atoms with E-state index in [1.807, 2.05) is 6.07 Å². The first-order chi connectivity index (χ1) is 9.65. The molecule has 1 aliphatic carbocycles. The van der Waals surface area contributed by atoms with Gasteiger partial charge in [0.15, 0.2) is 0 Å². The topological polar surface area (TPSA) is 12.0 Å². The summed E-state index contributed by atoms with van der Waals surface area (Å²) in [7, 11) is 0. The van der Waals surface area contributed by atoms with Gasteiger partial charge in [0, 0.05) is 16.6 Å². The fourth-order valence-corrected chi connectivity index (χ4v) is 3.67. The van der Waals surface area contributed by atoms with Gasteiger partial charge in [-0.25, -0.2) is 4.39 Å². The van der Waals surface area contributed by atoms with E-state index in [4.69, 9.17) is 0 Å². The van der Waals surface area contributed by atoms with Crippen molar-refractivity contribution in [3.05, 3.63) is 69.4 Å². The van der Waals surface area contributed by atoms with E-state index in [1.54, 1.807) is 0 Å². The zero-order valence-corrected chi connectivity index (χ0v) is 13.0. The Morgan fingerprint density at radius 3 is 2.85 bits per heavy atom. The highest BCUT2D eigenvalue weighted by Gasteiger charge is 2.23. The number of fused-ring (bicyclic) bond motifs is 1. The van der Waals surface area contributed by atoms with E-state index in [0.717, 1.165) is 22.9 Å². The van der Waals surface area contributed by atoms with Gasteiger partial charge in [0.2, 0.25) is 0 Å². The van der Waals surface area contributed by atoms with Crippen molar-refractivity contribution in [3.63, 3.8) is 0 Å². The SMILES string of the molecule is CC(NC1CCc2ccccc21)c1ccc(F)cc1Br. The fourth-order valence-electron chi connectivity index (χ4n) is 2.97. The van der Waals surface area contributed by atoms with Crippen LogP contribution in [0.3, 0.4) is 0 Å². The van der Waals surface area contributed by atoms with E-state index in [9.17, 15) is 4.39 Å². The van der Waals surface area contributed by atoms with E-state index in [0.29, 0.717) is 6.04 Å². The smallest absolute Gasteiger partial charge is 0.124 e. The molecule has 0 radical (unpaired) electrons. The highest BCUT2D eigenvalue weighted by molar-refractivity contribution is 9.10. The first-order valence-corrected chi connectivity index (χ1v) is 7.73. The van der Waals surface area contributed by atoms with Gasteiger partial charge in [-0.05, 0) is 48.6 Å². The van der Waals surface area contributed by atoms with E-state index < -0.39 is 0 Å². The number of nitrogens with one attached hydrogen (secondary N) is 1. The van der Waals surface area contributed by atoms with Crippen LogP contribution in [-0.4, -0.2) is 0 Å². The largest absolute Gasteiger partial charge is 0.303 e. The third-order valence-electron chi connectivity index (χ3n) is 4.01. The molecule has 3 rings (SSSR count). The Labute approximate surface area is 127 Å². The molecule has 1 N–H and O–H groups in total. The molecule has 0 aromatic heterocycles. The zero-order valence-electron chi connectivity index (χ0n) is 11.4. The zero-order chi connectivity index (χ0) is 14.1. The normalized spacial score (nSPS) is 18.9. The van der Waals surface area contributed by atoms with Gasteiger partial charge in [-0.15, -0.1) is 0 Å². The highest BCUT2D eigenvalue weighted by Crippen LogP contribution is 2.34. The molecule has 0 fully saturated rings. The molecule has 1 aliphatic rings. The third kappa shape index (κ3) is 2.65. The molecule has 104 valence electrons. The van der Waals surface area contributed by atoms with Crippen LogP contribution in [0.15, 0.2) is 46.9 Å². The summed E-state index contributed by atoms with van der Waals surface area (Å²) in [5, 5.41) is 3.66. The van der Waals surface area contributed by atoms with Crippen molar-refractivity contribution in [2.75, 3.05) is 0 Å². The summed E-state index contributed by atoms with van der Waals surface area (Å²) in [6.07, 6.45) is 2.26. The Morgan fingerprint density at radius 2 is 2.05 bits per heavy atom. The number of aryl methyl sites for hydroxylation is 1. The number of halogens is 2. The van der Waals surface area contributed by atoms with Crippen LogP contribution in [0, 0.1) is 5.82 Å². The van der Waals surface area contributed by atoms with Gasteiger partial charge in [0.05, 0.1) is 0 Å². The molecular weight excluding hydrogens is 317 g/mol. The van der Waals surface area contributed by atoms with Crippen LogP contribution in [0.4, 0.5) is 4.39 Å². The second-order valence-corrected chi connectivity index (χ2v) is 6.20. The van der Waals surface area contributed by atoms with E-state index >= 15 is 0 Å². The summed E-state index contributed by atoms with van der Waals surface area (Å²) in [6.45, 7) is 2.12. The minimum absolute atomic E-state index is 0.182. The molecule has 0 spiro atoms. The maximum atomic E-state index is 13.2. The summed E-state index contributed by atoms with van der Waals surface area (Å²) >= 11 is 3.45. The van der Waals surface area contributed by atoms with Crippen molar-refractivity contribution < 1.29 is 4.39 Å². The van der Waals surface area contributed by atoms with Gasteiger partial charge in [-0.2, -0.15) is 0 Å². The van der Waals surface area contributed by atoms with Crippen LogP contribution in [-0.2, 0) is 6.42 Å². The summed E-state index contributed by atoms with van der Waals surface area (Å²) in [5.74, 6) is -0.209. The lowest BCUT2D eigenvalue weighted by molar-refractivity contribution is 0.463. The molecule has 0 saturated heterocycles. The highest BCUT2D eigenvalue weighted by atomic mass is 79.9. The summed E-state index contributed by atoms with van der Waals surface area (Å²) in [5.41, 5.74) is 3.93. The average molecular weight is 334 g/mol. The monoisotopic (exact) mass is 333 g/mol. The van der Waals surface area contributed by atoms with Crippen molar-refractivity contribution in [1.82, 2.24) is 5.32 Å². The van der Waals surface area contributed by atoms with Gasteiger partial charge in [0.25, 0.3) is 0 Å². The molecule has 2 unspecified atom stereocenters. The van der Waals surface area contributed by atoms with Crippen molar-refractivity contribution in [2.24, 2.45) is 0 Å².